The van der Waals surface area contributed by atoms with Crippen LogP contribution in [0.5, 0.6) is 5.88 Å². The second-order valence-corrected chi connectivity index (χ2v) is 4.86. The van der Waals surface area contributed by atoms with Crippen molar-refractivity contribution in [2.45, 2.75) is 26.6 Å². The maximum absolute atomic E-state index is 12.1. The van der Waals surface area contributed by atoms with Crippen LogP contribution in [0.3, 0.4) is 0 Å². The van der Waals surface area contributed by atoms with Gasteiger partial charge in [0.2, 0.25) is 5.88 Å². The Morgan fingerprint density at radius 3 is 2.76 bits per heavy atom. The molecule has 0 bridgehead atoms. The van der Waals surface area contributed by atoms with Crippen LogP contribution in [0.25, 0.3) is 0 Å². The number of hydrogen-bond acceptors (Lipinski definition) is 4. The minimum absolute atomic E-state index is 0.0305. The molecule has 0 radical (unpaired) electrons. The fourth-order valence-corrected chi connectivity index (χ4v) is 2.17. The van der Waals surface area contributed by atoms with Crippen molar-refractivity contribution in [1.29, 1.82) is 0 Å². The minimum Gasteiger partial charge on any atom is -0.468 e. The second-order valence-electron chi connectivity index (χ2n) is 4.86. The molecule has 1 aliphatic rings. The van der Waals surface area contributed by atoms with Crippen molar-refractivity contribution in [3.63, 3.8) is 0 Å². The Kier molecular flexibility index (Phi) is 4.72. The number of aromatic nitrogens is 1. The normalized spacial score (nSPS) is 15.8. The van der Waals surface area contributed by atoms with Crippen molar-refractivity contribution in [3.05, 3.63) is 35.7 Å². The van der Waals surface area contributed by atoms with Gasteiger partial charge in [0.05, 0.1) is 0 Å². The summed E-state index contributed by atoms with van der Waals surface area (Å²) in [4.78, 5) is 3.99. The van der Waals surface area contributed by atoms with Gasteiger partial charge in [-0.05, 0) is 25.5 Å². The van der Waals surface area contributed by atoms with E-state index in [-0.39, 0.29) is 5.88 Å². The second kappa shape index (κ2) is 6.34. The molecular formula is C14H18F3N3O. The molecule has 0 saturated carbocycles. The zero-order valence-electron chi connectivity index (χ0n) is 12.0. The van der Waals surface area contributed by atoms with Crippen molar-refractivity contribution in [1.82, 2.24) is 15.0 Å². The largest absolute Gasteiger partial charge is 0.468 e. The van der Waals surface area contributed by atoms with Crippen molar-refractivity contribution < 1.29 is 17.9 Å². The lowest BCUT2D eigenvalue weighted by molar-refractivity contribution is -0.154. The maximum atomic E-state index is 12.1. The van der Waals surface area contributed by atoms with Crippen LogP contribution < -0.4 is 4.74 Å². The predicted octanol–water partition coefficient (Wildman–Crippen LogP) is 2.90. The maximum Gasteiger partial charge on any atom is 0.422 e. The summed E-state index contributed by atoms with van der Waals surface area (Å²) in [5.74, 6) is 0.0305. The molecule has 0 fully saturated rings. The van der Waals surface area contributed by atoms with Gasteiger partial charge in [0.1, 0.15) is 0 Å². The van der Waals surface area contributed by atoms with E-state index in [1.807, 2.05) is 12.3 Å². The highest BCUT2D eigenvalue weighted by Gasteiger charge is 2.29. The summed E-state index contributed by atoms with van der Waals surface area (Å²) in [6.07, 6.45) is 1.28. The number of hydrogen-bond donors (Lipinski definition) is 0. The number of ether oxygens (including phenoxy) is 1. The van der Waals surface area contributed by atoms with Gasteiger partial charge < -0.3 is 9.75 Å². The summed E-state index contributed by atoms with van der Waals surface area (Å²) in [7, 11) is 0. The van der Waals surface area contributed by atoms with E-state index in [1.54, 1.807) is 13.1 Å². The van der Waals surface area contributed by atoms with Gasteiger partial charge in [-0.15, -0.1) is 0 Å². The lowest BCUT2D eigenvalue weighted by Crippen LogP contribution is -2.34. The van der Waals surface area contributed by atoms with E-state index in [0.29, 0.717) is 12.1 Å². The number of hydrazine groups is 1. The van der Waals surface area contributed by atoms with Crippen molar-refractivity contribution in [2.24, 2.45) is 0 Å². The Balaban J connectivity index is 1.99. The molecule has 116 valence electrons. The first kappa shape index (κ1) is 15.6. The first-order chi connectivity index (χ1) is 9.89. The van der Waals surface area contributed by atoms with Crippen LogP contribution in [0.15, 0.2) is 24.5 Å². The predicted molar refractivity (Wildman–Crippen MR) is 72.5 cm³/mol. The summed E-state index contributed by atoms with van der Waals surface area (Å²) in [6.45, 7) is 4.78. The van der Waals surface area contributed by atoms with Crippen LogP contribution in [0.1, 0.15) is 18.1 Å². The van der Waals surface area contributed by atoms with E-state index in [4.69, 9.17) is 4.74 Å². The van der Waals surface area contributed by atoms with Crippen LogP contribution in [-0.2, 0) is 6.54 Å². The third kappa shape index (κ3) is 4.35. The Hall–Kier alpha value is -1.76. The molecule has 0 unspecified atom stereocenters. The van der Waals surface area contributed by atoms with Crippen LogP contribution in [0.4, 0.5) is 13.2 Å². The molecule has 0 atom stereocenters. The highest BCUT2D eigenvalue weighted by Crippen LogP contribution is 2.21. The molecule has 2 heterocycles. The van der Waals surface area contributed by atoms with Crippen molar-refractivity contribution >= 4 is 0 Å². The van der Waals surface area contributed by atoms with E-state index in [1.165, 1.54) is 0 Å². The summed E-state index contributed by atoms with van der Waals surface area (Å²) in [6, 6.07) is 1.81. The number of alkyl halides is 3. The van der Waals surface area contributed by atoms with Gasteiger partial charge in [-0.2, -0.15) is 13.2 Å². The molecule has 1 aliphatic heterocycles. The number of halogens is 3. The van der Waals surface area contributed by atoms with Gasteiger partial charge in [0.25, 0.3) is 0 Å². The van der Waals surface area contributed by atoms with E-state index < -0.39 is 12.8 Å². The van der Waals surface area contributed by atoms with Crippen molar-refractivity contribution in [3.8, 4) is 5.88 Å². The molecule has 0 N–H and O–H groups in total. The van der Waals surface area contributed by atoms with E-state index in [0.717, 1.165) is 18.7 Å². The Morgan fingerprint density at radius 2 is 2.14 bits per heavy atom. The van der Waals surface area contributed by atoms with Crippen LogP contribution >= 0.6 is 0 Å². The molecule has 0 amide bonds. The molecule has 0 spiro atoms. The topological polar surface area (TPSA) is 28.6 Å². The van der Waals surface area contributed by atoms with Crippen LogP contribution in [0, 0.1) is 6.92 Å². The summed E-state index contributed by atoms with van der Waals surface area (Å²) < 4.78 is 41.1. The smallest absolute Gasteiger partial charge is 0.422 e. The molecule has 4 nitrogen and oxygen atoms in total. The Bertz CT molecular complexity index is 517. The molecule has 1 aromatic heterocycles. The van der Waals surface area contributed by atoms with E-state index >= 15 is 0 Å². The number of aryl methyl sites for hydroxylation is 1. The molecule has 21 heavy (non-hydrogen) atoms. The zero-order chi connectivity index (χ0) is 15.5. The molecule has 0 aromatic carbocycles. The van der Waals surface area contributed by atoms with Crippen molar-refractivity contribution in [2.75, 3.05) is 19.7 Å². The van der Waals surface area contributed by atoms with Crippen LogP contribution in [-0.4, -0.2) is 40.9 Å². The average molecular weight is 301 g/mol. The van der Waals surface area contributed by atoms with Crippen LogP contribution in [0.2, 0.25) is 0 Å². The standard InChI is InChI=1S/C14H18F3N3O/c1-3-19-5-4-6-20(19)9-12-7-11(2)13(18-8-12)21-10-14(15,16)17/h4-5,7-8H,3,6,9-10H2,1-2H3. The van der Waals surface area contributed by atoms with E-state index in [9.17, 15) is 13.2 Å². The SMILES string of the molecule is CCN1C=CCN1Cc1cnc(OCC(F)(F)F)c(C)c1. The lowest BCUT2D eigenvalue weighted by Gasteiger charge is -2.27. The first-order valence-corrected chi connectivity index (χ1v) is 6.72. The first-order valence-electron chi connectivity index (χ1n) is 6.72. The molecular weight excluding hydrogens is 283 g/mol. The fraction of sp³-hybridized carbons (Fsp3) is 0.500. The number of rotatable bonds is 5. The molecule has 7 heteroatoms. The Labute approximate surface area is 121 Å². The summed E-state index contributed by atoms with van der Waals surface area (Å²) in [5, 5.41) is 4.22. The van der Waals surface area contributed by atoms with Gasteiger partial charge in [-0.1, -0.05) is 6.08 Å². The van der Waals surface area contributed by atoms with Gasteiger partial charge in [0.15, 0.2) is 6.61 Å². The molecule has 0 saturated heterocycles. The quantitative estimate of drug-likeness (QED) is 0.836. The van der Waals surface area contributed by atoms with Gasteiger partial charge in [-0.3, -0.25) is 0 Å². The molecule has 2 rings (SSSR count). The van der Waals surface area contributed by atoms with E-state index in [2.05, 4.69) is 28.0 Å². The monoisotopic (exact) mass is 301 g/mol. The summed E-state index contributed by atoms with van der Waals surface area (Å²) in [5.41, 5.74) is 1.54. The fourth-order valence-electron chi connectivity index (χ4n) is 2.17. The van der Waals surface area contributed by atoms with Gasteiger partial charge in [0, 0.05) is 37.6 Å². The zero-order valence-corrected chi connectivity index (χ0v) is 12.0. The van der Waals surface area contributed by atoms with Gasteiger partial charge in [-0.25, -0.2) is 9.99 Å². The van der Waals surface area contributed by atoms with Gasteiger partial charge >= 0.3 is 6.18 Å². The Morgan fingerprint density at radius 1 is 1.38 bits per heavy atom. The summed E-state index contributed by atoms with van der Waals surface area (Å²) >= 11 is 0. The molecule has 1 aromatic rings. The highest BCUT2D eigenvalue weighted by molar-refractivity contribution is 5.28. The number of nitrogens with zero attached hydrogens (tertiary/aromatic N) is 3. The minimum atomic E-state index is -4.35. The average Bonchev–Trinajstić information content (AvgIpc) is 2.84. The number of pyridine rings is 1. The highest BCUT2D eigenvalue weighted by atomic mass is 19.4. The third-order valence-corrected chi connectivity index (χ3v) is 3.11. The lowest BCUT2D eigenvalue weighted by atomic mass is 10.2. The molecule has 0 aliphatic carbocycles. The third-order valence-electron chi connectivity index (χ3n) is 3.11.